The molecule has 14 heteroatoms. The maximum atomic E-state index is 10.8. The van der Waals surface area contributed by atoms with Crippen molar-refractivity contribution in [3.63, 3.8) is 0 Å². The predicted molar refractivity (Wildman–Crippen MR) is 47.3 cm³/mol. The van der Waals surface area contributed by atoms with Gasteiger partial charge < -0.3 is 24.9 Å². The number of hydrogen-bond donors (Lipinski definition) is 3. The van der Waals surface area contributed by atoms with Crippen LogP contribution in [0.15, 0.2) is 0 Å². The molecule has 0 amide bonds. The van der Waals surface area contributed by atoms with Gasteiger partial charge in [0.05, 0.1) is 11.9 Å². The number of aliphatic carboxylic acids is 3. The van der Waals surface area contributed by atoms with Gasteiger partial charge in [0, 0.05) is 0 Å². The molecule has 0 aromatic rings. The van der Waals surface area contributed by atoms with E-state index >= 15 is 0 Å². The Balaban J connectivity index is 6.88. The third kappa shape index (κ3) is 2.65. The molecule has 0 aromatic carbocycles. The summed E-state index contributed by atoms with van der Waals surface area (Å²) < 4.78 is 55.1. The van der Waals surface area contributed by atoms with E-state index < -0.39 is 48.1 Å². The Kier molecular flexibility index (Phi) is 4.28. The van der Waals surface area contributed by atoms with Crippen molar-refractivity contribution >= 4 is 38.1 Å². The van der Waals surface area contributed by atoms with Crippen molar-refractivity contribution in [1.82, 2.24) is 0 Å². The molecule has 0 aromatic heterocycles. The maximum Gasteiger partial charge on any atom is 0.335 e. The van der Waals surface area contributed by atoms with Crippen LogP contribution in [0.25, 0.3) is 0 Å². The van der Waals surface area contributed by atoms with Gasteiger partial charge in [0.25, 0.3) is 25.0 Å². The molecule has 0 aliphatic rings. The molecule has 2 unspecified atom stereocenters. The van der Waals surface area contributed by atoms with Crippen LogP contribution in [0.2, 0.25) is 0 Å². The van der Waals surface area contributed by atoms with Gasteiger partial charge in [-0.3, -0.25) is 9.11 Å². The van der Waals surface area contributed by atoms with E-state index in [1.54, 1.807) is 0 Å². The predicted octanol–water partition coefficient (Wildman–Crippen LogP) is -5.55. The summed E-state index contributed by atoms with van der Waals surface area (Å²) in [6.45, 7) is 0. The van der Waals surface area contributed by atoms with E-state index in [9.17, 15) is 41.4 Å². The summed E-state index contributed by atoms with van der Waals surface area (Å²) >= 11 is 0. The van der Waals surface area contributed by atoms with Gasteiger partial charge in [-0.2, -0.15) is 16.8 Å². The Bertz CT molecular complexity index is 609. The molecule has 12 nitrogen and oxygen atoms in total. The summed E-state index contributed by atoms with van der Waals surface area (Å²) in [5.41, 5.74) is 0. The van der Waals surface area contributed by atoms with Crippen LogP contribution in [-0.4, -0.2) is 59.0 Å². The lowest BCUT2D eigenvalue weighted by molar-refractivity contribution is -0.317. The molecule has 0 heterocycles. The Morgan fingerprint density at radius 1 is 1.00 bits per heavy atom. The quantitative estimate of drug-likeness (QED) is 0.307. The van der Waals surface area contributed by atoms with Gasteiger partial charge in [0.2, 0.25) is 0 Å². The molecule has 110 valence electrons. The number of carbonyl (C=O) groups excluding carboxylic acids is 2. The highest BCUT2D eigenvalue weighted by molar-refractivity contribution is 7.93. The second-order valence-corrected chi connectivity index (χ2v) is 6.11. The number of carboxylic acid groups (broad SMARTS) is 3. The van der Waals surface area contributed by atoms with Crippen LogP contribution in [0.3, 0.4) is 0 Å². The van der Waals surface area contributed by atoms with Crippen LogP contribution in [0, 0.1) is 0 Å². The molecular weight excluding hydrogens is 316 g/mol. The van der Waals surface area contributed by atoms with Crippen molar-refractivity contribution in [3.05, 3.63) is 0 Å². The molecule has 0 aliphatic carbocycles. The zero-order chi connectivity index (χ0) is 15.8. The molecule has 19 heavy (non-hydrogen) atoms. The van der Waals surface area contributed by atoms with E-state index in [2.05, 4.69) is 0 Å². The minimum Gasteiger partial charge on any atom is -0.549 e. The van der Waals surface area contributed by atoms with E-state index in [1.807, 2.05) is 0 Å². The second kappa shape index (κ2) is 4.72. The molecule has 0 saturated carbocycles. The summed E-state index contributed by atoms with van der Waals surface area (Å²) in [5, 5.41) is 25.5. The molecule has 0 rings (SSSR count). The molecule has 2 atom stereocenters. The largest absolute Gasteiger partial charge is 0.549 e. The van der Waals surface area contributed by atoms with Crippen molar-refractivity contribution in [3.8, 4) is 0 Å². The fourth-order valence-electron chi connectivity index (χ4n) is 1.15. The summed E-state index contributed by atoms with van der Waals surface area (Å²) in [6.07, 6.45) is 0. The average Bonchev–Trinajstić information content (AvgIpc) is 2.06. The van der Waals surface area contributed by atoms with Crippen molar-refractivity contribution in [1.29, 1.82) is 0 Å². The number of hydrogen-bond acceptors (Lipinski definition) is 9. The van der Waals surface area contributed by atoms with Gasteiger partial charge in [-0.25, -0.2) is 4.79 Å². The minimum absolute atomic E-state index is 3.09. The van der Waals surface area contributed by atoms with Gasteiger partial charge in [-0.15, -0.1) is 0 Å². The molecule has 0 saturated heterocycles. The van der Waals surface area contributed by atoms with Crippen molar-refractivity contribution in [2.24, 2.45) is 0 Å². The molecule has 0 bridgehead atoms. The summed E-state index contributed by atoms with van der Waals surface area (Å²) in [5.74, 6) is -9.50. The first-order valence-corrected chi connectivity index (χ1v) is 6.74. The van der Waals surface area contributed by atoms with Crippen LogP contribution >= 0.6 is 0 Å². The molecule has 0 spiro atoms. The lowest BCUT2D eigenvalue weighted by atomic mass is 10.0. The van der Waals surface area contributed by atoms with Gasteiger partial charge in [-0.05, 0) is 0 Å². The molecule has 0 aliphatic heterocycles. The minimum atomic E-state index is -6.37. The van der Waals surface area contributed by atoms with Crippen LogP contribution in [0.4, 0.5) is 0 Å². The fourth-order valence-corrected chi connectivity index (χ4v) is 3.54. The number of carbonyl (C=O) groups is 3. The van der Waals surface area contributed by atoms with E-state index in [-0.39, 0.29) is 0 Å². The third-order valence-corrected chi connectivity index (χ3v) is 4.59. The van der Waals surface area contributed by atoms with E-state index in [0.29, 0.717) is 0 Å². The lowest BCUT2D eigenvalue weighted by Crippen LogP contribution is -2.71. The second-order valence-electron chi connectivity index (χ2n) is 3.02. The summed E-state index contributed by atoms with van der Waals surface area (Å²) in [7, 11) is -12.5. The van der Waals surface area contributed by atoms with E-state index in [4.69, 9.17) is 14.2 Å². The van der Waals surface area contributed by atoms with Crippen LogP contribution in [-0.2, 0) is 34.6 Å². The highest BCUT2D eigenvalue weighted by atomic mass is 32.2. The van der Waals surface area contributed by atoms with E-state index in [1.165, 1.54) is 0 Å². The zero-order valence-electron chi connectivity index (χ0n) is 8.41. The van der Waals surface area contributed by atoms with Gasteiger partial charge in [0.15, 0.2) is 5.25 Å². The van der Waals surface area contributed by atoms with Crippen LogP contribution in [0.5, 0.6) is 0 Å². The van der Waals surface area contributed by atoms with Crippen LogP contribution in [0.1, 0.15) is 0 Å². The first-order valence-electron chi connectivity index (χ1n) is 3.79. The van der Waals surface area contributed by atoms with Crippen molar-refractivity contribution in [2.75, 3.05) is 0 Å². The Hall–Kier alpha value is -1.77. The molecule has 3 N–H and O–H groups in total. The molecule has 0 fully saturated rings. The highest BCUT2D eigenvalue weighted by Gasteiger charge is 2.64. The first-order chi connectivity index (χ1) is 8.20. The topological polar surface area (TPSA) is 226 Å². The fraction of sp³-hybridized carbons (Fsp3) is 0.400. The summed E-state index contributed by atoms with van der Waals surface area (Å²) in [4.78, 5) is 31.7. The first kappa shape index (κ1) is 17.2. The summed E-state index contributed by atoms with van der Waals surface area (Å²) in [6, 6.07) is 0. The van der Waals surface area contributed by atoms with Gasteiger partial charge in [-0.1, -0.05) is 0 Å². The standard InChI is InChI=1S/C5H6O12S2/c6-2(7)1(18(12,13)14)5(3(8)9,4(10)11)19(15,16)17/h1H,(H,6,7)(H,8,9)(H,10,11)(H,12,13,14)(H,15,16,17)/p-2. The van der Waals surface area contributed by atoms with Gasteiger partial charge >= 0.3 is 5.97 Å². The maximum absolute atomic E-state index is 10.8. The Morgan fingerprint density at radius 2 is 1.37 bits per heavy atom. The van der Waals surface area contributed by atoms with Crippen molar-refractivity contribution < 1.29 is 55.6 Å². The average molecular weight is 320 g/mol. The number of rotatable bonds is 6. The van der Waals surface area contributed by atoms with Gasteiger partial charge in [0.1, 0.15) is 0 Å². The van der Waals surface area contributed by atoms with Crippen LogP contribution < -0.4 is 10.2 Å². The number of carboxylic acids is 3. The smallest absolute Gasteiger partial charge is 0.335 e. The Morgan fingerprint density at radius 3 is 1.42 bits per heavy atom. The highest BCUT2D eigenvalue weighted by Crippen LogP contribution is 2.26. The molecule has 0 radical (unpaired) electrons. The lowest BCUT2D eigenvalue weighted by Gasteiger charge is -2.33. The SMILES string of the molecule is O=C([O-])C(C(C(=O)[O-])(C(=O)O)S(=O)(=O)O)S(=O)(=O)O. The third-order valence-electron chi connectivity index (χ3n) is 1.91. The van der Waals surface area contributed by atoms with Crippen molar-refractivity contribution in [2.45, 2.75) is 10.00 Å². The normalized spacial score (nSPS) is 17.2. The van der Waals surface area contributed by atoms with E-state index in [0.717, 1.165) is 0 Å². The molecular formula is C5H4O12S2-2. The Labute approximate surface area is 104 Å². The zero-order valence-corrected chi connectivity index (χ0v) is 10.0. The monoisotopic (exact) mass is 320 g/mol.